The molecule has 4 nitrogen and oxygen atoms in total. The highest BCUT2D eigenvalue weighted by Gasteiger charge is 2.14. The summed E-state index contributed by atoms with van der Waals surface area (Å²) in [5, 5.41) is 3.43. The van der Waals surface area contributed by atoms with Gasteiger partial charge in [-0.05, 0) is 66.4 Å². The summed E-state index contributed by atoms with van der Waals surface area (Å²) in [6.45, 7) is 10.5. The van der Waals surface area contributed by atoms with Gasteiger partial charge in [-0.2, -0.15) is 0 Å². The zero-order valence-corrected chi connectivity index (χ0v) is 16.2. The van der Waals surface area contributed by atoms with Gasteiger partial charge in [0, 0.05) is 11.3 Å². The first kappa shape index (κ1) is 18.9. The maximum absolute atomic E-state index is 12.2. The molecule has 2 rings (SSSR count). The molecule has 3 N–H and O–H groups in total. The van der Waals surface area contributed by atoms with Crippen molar-refractivity contribution in [2.75, 3.05) is 5.32 Å². The first-order valence-electron chi connectivity index (χ1n) is 8.22. The van der Waals surface area contributed by atoms with Crippen molar-refractivity contribution in [1.82, 2.24) is 10.9 Å². The van der Waals surface area contributed by atoms with Gasteiger partial charge in [-0.1, -0.05) is 45.0 Å². The first-order valence-corrected chi connectivity index (χ1v) is 8.63. The van der Waals surface area contributed by atoms with Crippen molar-refractivity contribution < 1.29 is 4.79 Å². The fourth-order valence-corrected chi connectivity index (χ4v) is 2.51. The van der Waals surface area contributed by atoms with E-state index in [4.69, 9.17) is 12.2 Å². The van der Waals surface area contributed by atoms with Crippen LogP contribution in [-0.2, 0) is 5.41 Å². The lowest BCUT2D eigenvalue weighted by molar-refractivity contribution is 0.0944. The molecular formula is C20H25N3OS. The Hall–Kier alpha value is -2.40. The van der Waals surface area contributed by atoms with Crippen LogP contribution in [0.1, 0.15) is 47.8 Å². The summed E-state index contributed by atoms with van der Waals surface area (Å²) in [5.74, 6) is -0.231. The third-order valence-corrected chi connectivity index (χ3v) is 4.36. The van der Waals surface area contributed by atoms with Crippen LogP contribution in [0.15, 0.2) is 42.5 Å². The zero-order chi connectivity index (χ0) is 18.6. The zero-order valence-electron chi connectivity index (χ0n) is 15.4. The van der Waals surface area contributed by atoms with Gasteiger partial charge >= 0.3 is 0 Å². The summed E-state index contributed by atoms with van der Waals surface area (Å²) in [6.07, 6.45) is 0. The summed E-state index contributed by atoms with van der Waals surface area (Å²) in [7, 11) is 0. The van der Waals surface area contributed by atoms with Gasteiger partial charge in [0.05, 0.1) is 0 Å². The molecule has 0 heterocycles. The van der Waals surface area contributed by atoms with Crippen LogP contribution >= 0.6 is 12.2 Å². The third-order valence-electron chi connectivity index (χ3n) is 4.16. The number of thiocarbonyl (C=S) groups is 1. The van der Waals surface area contributed by atoms with Gasteiger partial charge in [0.1, 0.15) is 0 Å². The average Bonchev–Trinajstić information content (AvgIpc) is 2.56. The Balaban J connectivity index is 1.93. The second-order valence-electron chi connectivity index (χ2n) is 7.11. The summed E-state index contributed by atoms with van der Waals surface area (Å²) >= 11 is 5.24. The number of rotatable bonds is 2. The Morgan fingerprint density at radius 1 is 0.960 bits per heavy atom. The van der Waals surface area contributed by atoms with E-state index in [-0.39, 0.29) is 11.3 Å². The lowest BCUT2D eigenvalue weighted by Crippen LogP contribution is -2.43. The van der Waals surface area contributed by atoms with E-state index in [9.17, 15) is 4.79 Å². The van der Waals surface area contributed by atoms with Crippen molar-refractivity contribution in [3.8, 4) is 0 Å². The van der Waals surface area contributed by atoms with Gasteiger partial charge in [-0.15, -0.1) is 0 Å². The lowest BCUT2D eigenvalue weighted by Gasteiger charge is -2.19. The van der Waals surface area contributed by atoms with Gasteiger partial charge in [0.25, 0.3) is 5.91 Å². The van der Waals surface area contributed by atoms with E-state index in [2.05, 4.69) is 36.9 Å². The largest absolute Gasteiger partial charge is 0.331 e. The summed E-state index contributed by atoms with van der Waals surface area (Å²) in [5.41, 5.74) is 10.4. The van der Waals surface area contributed by atoms with Crippen molar-refractivity contribution in [2.24, 2.45) is 0 Å². The number of amides is 1. The molecule has 132 valence electrons. The summed E-state index contributed by atoms with van der Waals surface area (Å²) < 4.78 is 0. The molecule has 0 radical (unpaired) electrons. The Morgan fingerprint density at radius 2 is 1.60 bits per heavy atom. The minimum Gasteiger partial charge on any atom is -0.331 e. The molecule has 25 heavy (non-hydrogen) atoms. The molecule has 0 spiro atoms. The van der Waals surface area contributed by atoms with E-state index in [1.165, 1.54) is 11.1 Å². The van der Waals surface area contributed by atoms with Gasteiger partial charge in [-0.3, -0.25) is 15.6 Å². The molecule has 0 unspecified atom stereocenters. The smallest absolute Gasteiger partial charge is 0.269 e. The Labute approximate surface area is 155 Å². The van der Waals surface area contributed by atoms with Gasteiger partial charge in [0.2, 0.25) is 0 Å². The van der Waals surface area contributed by atoms with Crippen molar-refractivity contribution in [1.29, 1.82) is 0 Å². The van der Waals surface area contributed by atoms with E-state index >= 15 is 0 Å². The van der Waals surface area contributed by atoms with Crippen LogP contribution in [0, 0.1) is 13.8 Å². The second kappa shape index (κ2) is 7.66. The highest BCUT2D eigenvalue weighted by molar-refractivity contribution is 7.80. The molecule has 1 amide bonds. The predicted octanol–water partition coefficient (Wildman–Crippen LogP) is 4.23. The molecule has 5 heteroatoms. The second-order valence-corrected chi connectivity index (χ2v) is 7.52. The number of hydrogen-bond acceptors (Lipinski definition) is 2. The van der Waals surface area contributed by atoms with E-state index in [0.29, 0.717) is 10.7 Å². The fraction of sp³-hybridized carbons (Fsp3) is 0.300. The Bertz CT molecular complexity index is 777. The van der Waals surface area contributed by atoms with E-state index in [0.717, 1.165) is 11.3 Å². The van der Waals surface area contributed by atoms with Crippen LogP contribution in [0.25, 0.3) is 0 Å². The SMILES string of the molecule is Cc1cccc(NC(=S)NNC(=O)c2ccc(C(C)(C)C)cc2)c1C. The number of carbonyl (C=O) groups excluding carboxylic acids is 1. The van der Waals surface area contributed by atoms with Crippen molar-refractivity contribution in [3.63, 3.8) is 0 Å². The van der Waals surface area contributed by atoms with Gasteiger partial charge in [0.15, 0.2) is 5.11 Å². The highest BCUT2D eigenvalue weighted by Crippen LogP contribution is 2.22. The average molecular weight is 356 g/mol. The first-order chi connectivity index (χ1) is 11.7. The fourth-order valence-electron chi connectivity index (χ4n) is 2.35. The normalized spacial score (nSPS) is 10.9. The van der Waals surface area contributed by atoms with Crippen molar-refractivity contribution in [3.05, 3.63) is 64.7 Å². The van der Waals surface area contributed by atoms with Gasteiger partial charge in [-0.25, -0.2) is 0 Å². The minimum atomic E-state index is -0.231. The third kappa shape index (κ3) is 5.03. The molecule has 0 aliphatic heterocycles. The number of carbonyl (C=O) groups is 1. The highest BCUT2D eigenvalue weighted by atomic mass is 32.1. The van der Waals surface area contributed by atoms with Crippen LogP contribution in [0.3, 0.4) is 0 Å². The molecule has 0 saturated carbocycles. The molecule has 0 aliphatic rings. The van der Waals surface area contributed by atoms with E-state index in [1.54, 1.807) is 0 Å². The predicted molar refractivity (Wildman–Crippen MR) is 108 cm³/mol. The molecule has 2 aromatic carbocycles. The van der Waals surface area contributed by atoms with Crippen LogP contribution < -0.4 is 16.2 Å². The topological polar surface area (TPSA) is 53.2 Å². The molecule has 0 fully saturated rings. The number of nitrogens with one attached hydrogen (secondary N) is 3. The molecular weight excluding hydrogens is 330 g/mol. The maximum Gasteiger partial charge on any atom is 0.269 e. The number of aryl methyl sites for hydroxylation is 1. The van der Waals surface area contributed by atoms with Crippen LogP contribution in [0.4, 0.5) is 5.69 Å². The number of hydrogen-bond donors (Lipinski definition) is 3. The number of benzene rings is 2. The van der Waals surface area contributed by atoms with E-state index in [1.807, 2.05) is 56.3 Å². The minimum absolute atomic E-state index is 0.0599. The molecule has 0 aromatic heterocycles. The molecule has 0 aliphatic carbocycles. The van der Waals surface area contributed by atoms with Crippen LogP contribution in [0.5, 0.6) is 0 Å². The molecule has 0 saturated heterocycles. The summed E-state index contributed by atoms with van der Waals surface area (Å²) in [4.78, 5) is 12.2. The van der Waals surface area contributed by atoms with Crippen LogP contribution in [0.2, 0.25) is 0 Å². The van der Waals surface area contributed by atoms with Crippen LogP contribution in [-0.4, -0.2) is 11.0 Å². The van der Waals surface area contributed by atoms with Crippen molar-refractivity contribution >= 4 is 28.9 Å². The Morgan fingerprint density at radius 3 is 2.20 bits per heavy atom. The lowest BCUT2D eigenvalue weighted by atomic mass is 9.87. The van der Waals surface area contributed by atoms with Crippen molar-refractivity contribution in [2.45, 2.75) is 40.0 Å². The quantitative estimate of drug-likeness (QED) is 0.557. The summed E-state index contributed by atoms with van der Waals surface area (Å²) in [6, 6.07) is 13.5. The molecule has 2 aromatic rings. The number of anilines is 1. The maximum atomic E-state index is 12.2. The van der Waals surface area contributed by atoms with E-state index < -0.39 is 0 Å². The monoisotopic (exact) mass is 355 g/mol. The number of hydrazine groups is 1. The molecule has 0 bridgehead atoms. The van der Waals surface area contributed by atoms with Gasteiger partial charge < -0.3 is 5.32 Å². The molecule has 0 atom stereocenters. The standard InChI is InChI=1S/C20H25N3OS/c1-13-7-6-8-17(14(13)2)21-19(25)23-22-18(24)15-9-11-16(12-10-15)20(3,4)5/h6-12H,1-5H3,(H,22,24)(H2,21,23,25). The Kier molecular flexibility index (Phi) is 5.80.